The van der Waals surface area contributed by atoms with Crippen LogP contribution in [0.25, 0.3) is 5.69 Å². The van der Waals surface area contributed by atoms with E-state index in [0.717, 1.165) is 11.3 Å². The average molecular weight is 231 g/mol. The molecule has 1 N–H and O–H groups in total. The molecule has 88 valence electrons. The SMILES string of the molecule is CCc1c(C(=O)O)nnn1-c1cccc(C)c1. The van der Waals surface area contributed by atoms with E-state index in [-0.39, 0.29) is 5.69 Å². The van der Waals surface area contributed by atoms with Gasteiger partial charge >= 0.3 is 5.97 Å². The molecule has 0 unspecified atom stereocenters. The minimum absolute atomic E-state index is 0.0222. The van der Waals surface area contributed by atoms with Gasteiger partial charge in [-0.3, -0.25) is 0 Å². The number of carboxylic acid groups (broad SMARTS) is 1. The lowest BCUT2D eigenvalue weighted by Crippen LogP contribution is -2.05. The molecule has 0 saturated carbocycles. The van der Waals surface area contributed by atoms with E-state index < -0.39 is 5.97 Å². The Labute approximate surface area is 98.7 Å². The molecule has 1 aromatic heterocycles. The quantitative estimate of drug-likeness (QED) is 0.875. The number of benzene rings is 1. The lowest BCUT2D eigenvalue weighted by molar-refractivity contribution is 0.0689. The number of hydrogen-bond acceptors (Lipinski definition) is 3. The van der Waals surface area contributed by atoms with E-state index in [2.05, 4.69) is 10.3 Å². The van der Waals surface area contributed by atoms with Crippen molar-refractivity contribution >= 4 is 5.97 Å². The van der Waals surface area contributed by atoms with Gasteiger partial charge in [0, 0.05) is 0 Å². The van der Waals surface area contributed by atoms with Gasteiger partial charge in [-0.1, -0.05) is 24.3 Å². The minimum atomic E-state index is -1.04. The van der Waals surface area contributed by atoms with E-state index >= 15 is 0 Å². The van der Waals surface area contributed by atoms with E-state index in [0.29, 0.717) is 12.1 Å². The van der Waals surface area contributed by atoms with Gasteiger partial charge in [-0.25, -0.2) is 9.48 Å². The van der Waals surface area contributed by atoms with Crippen molar-refractivity contribution in [3.05, 3.63) is 41.2 Å². The van der Waals surface area contributed by atoms with Crippen molar-refractivity contribution in [3.8, 4) is 5.69 Å². The molecule has 1 aromatic carbocycles. The maximum absolute atomic E-state index is 11.0. The van der Waals surface area contributed by atoms with Gasteiger partial charge in [-0.2, -0.15) is 0 Å². The van der Waals surface area contributed by atoms with Crippen LogP contribution in [0.4, 0.5) is 0 Å². The monoisotopic (exact) mass is 231 g/mol. The molecule has 2 rings (SSSR count). The molecule has 0 aliphatic heterocycles. The molecule has 5 nitrogen and oxygen atoms in total. The predicted octanol–water partition coefficient (Wildman–Crippen LogP) is 1.84. The summed E-state index contributed by atoms with van der Waals surface area (Å²) in [5, 5.41) is 16.6. The molecule has 0 aliphatic rings. The smallest absolute Gasteiger partial charge is 0.358 e. The largest absolute Gasteiger partial charge is 0.476 e. The summed E-state index contributed by atoms with van der Waals surface area (Å²) >= 11 is 0. The van der Waals surface area contributed by atoms with Crippen LogP contribution in [0.2, 0.25) is 0 Å². The van der Waals surface area contributed by atoms with Gasteiger partial charge in [0.1, 0.15) is 0 Å². The maximum Gasteiger partial charge on any atom is 0.358 e. The fourth-order valence-corrected chi connectivity index (χ4v) is 1.75. The molecule has 0 radical (unpaired) electrons. The average Bonchev–Trinajstić information content (AvgIpc) is 2.72. The third kappa shape index (κ3) is 2.04. The van der Waals surface area contributed by atoms with Gasteiger partial charge in [0.2, 0.25) is 0 Å². The van der Waals surface area contributed by atoms with Crippen LogP contribution in [0.5, 0.6) is 0 Å². The Morgan fingerprint density at radius 1 is 1.47 bits per heavy atom. The highest BCUT2D eigenvalue weighted by Crippen LogP contribution is 2.14. The number of hydrogen-bond donors (Lipinski definition) is 1. The third-order valence-electron chi connectivity index (χ3n) is 2.55. The standard InChI is InChI=1S/C12H13N3O2/c1-3-10-11(12(16)17)13-14-15(10)9-6-4-5-8(2)7-9/h4-7H,3H2,1-2H3,(H,16,17). The van der Waals surface area contributed by atoms with Crippen LogP contribution in [0.1, 0.15) is 28.7 Å². The summed E-state index contributed by atoms with van der Waals surface area (Å²) in [6, 6.07) is 7.71. The zero-order valence-electron chi connectivity index (χ0n) is 9.71. The highest BCUT2D eigenvalue weighted by Gasteiger charge is 2.18. The van der Waals surface area contributed by atoms with Gasteiger partial charge in [-0.05, 0) is 31.0 Å². The molecule has 0 bridgehead atoms. The Balaban J connectivity index is 2.56. The van der Waals surface area contributed by atoms with Crippen molar-refractivity contribution in [2.75, 3.05) is 0 Å². The van der Waals surface area contributed by atoms with Crippen LogP contribution in [0, 0.1) is 6.92 Å². The van der Waals surface area contributed by atoms with Gasteiger partial charge in [0.05, 0.1) is 11.4 Å². The zero-order valence-corrected chi connectivity index (χ0v) is 9.71. The summed E-state index contributed by atoms with van der Waals surface area (Å²) < 4.78 is 1.58. The molecule has 2 aromatic rings. The molecule has 17 heavy (non-hydrogen) atoms. The Hall–Kier alpha value is -2.17. The second-order valence-electron chi connectivity index (χ2n) is 3.79. The molecule has 0 atom stereocenters. The summed E-state index contributed by atoms with van der Waals surface area (Å²) in [7, 11) is 0. The Kier molecular flexibility index (Phi) is 2.91. The Bertz CT molecular complexity index is 561. The first-order valence-electron chi connectivity index (χ1n) is 5.38. The van der Waals surface area contributed by atoms with Crippen molar-refractivity contribution in [3.63, 3.8) is 0 Å². The number of carbonyl (C=O) groups is 1. The van der Waals surface area contributed by atoms with Gasteiger partial charge < -0.3 is 5.11 Å². The lowest BCUT2D eigenvalue weighted by Gasteiger charge is -2.05. The number of nitrogens with zero attached hydrogens (tertiary/aromatic N) is 3. The third-order valence-corrected chi connectivity index (χ3v) is 2.55. The summed E-state index contributed by atoms with van der Waals surface area (Å²) in [5.41, 5.74) is 2.57. The first-order valence-corrected chi connectivity index (χ1v) is 5.38. The number of aryl methyl sites for hydroxylation is 1. The molecule has 0 spiro atoms. The van der Waals surface area contributed by atoms with Crippen molar-refractivity contribution in [1.82, 2.24) is 15.0 Å². The molecule has 5 heteroatoms. The van der Waals surface area contributed by atoms with Crippen LogP contribution in [0.3, 0.4) is 0 Å². The predicted molar refractivity (Wildman–Crippen MR) is 62.4 cm³/mol. The number of aromatic carboxylic acids is 1. The van der Waals surface area contributed by atoms with Crippen molar-refractivity contribution < 1.29 is 9.90 Å². The van der Waals surface area contributed by atoms with Crippen LogP contribution < -0.4 is 0 Å². The fourth-order valence-electron chi connectivity index (χ4n) is 1.75. The van der Waals surface area contributed by atoms with Crippen molar-refractivity contribution in [2.45, 2.75) is 20.3 Å². The van der Waals surface area contributed by atoms with E-state index in [9.17, 15) is 4.79 Å². The van der Waals surface area contributed by atoms with E-state index in [1.54, 1.807) is 4.68 Å². The fraction of sp³-hybridized carbons (Fsp3) is 0.250. The highest BCUT2D eigenvalue weighted by molar-refractivity contribution is 5.86. The topological polar surface area (TPSA) is 68.0 Å². The van der Waals surface area contributed by atoms with Gasteiger partial charge in [0.25, 0.3) is 0 Å². The zero-order chi connectivity index (χ0) is 12.4. The number of rotatable bonds is 3. The van der Waals surface area contributed by atoms with Crippen LogP contribution in [-0.4, -0.2) is 26.1 Å². The molecule has 0 aliphatic carbocycles. The van der Waals surface area contributed by atoms with Crippen LogP contribution >= 0.6 is 0 Å². The van der Waals surface area contributed by atoms with E-state index in [1.807, 2.05) is 38.1 Å². The Morgan fingerprint density at radius 2 is 2.24 bits per heavy atom. The first-order chi connectivity index (χ1) is 8.13. The second-order valence-corrected chi connectivity index (χ2v) is 3.79. The lowest BCUT2D eigenvalue weighted by atomic mass is 10.2. The summed E-state index contributed by atoms with van der Waals surface area (Å²) in [4.78, 5) is 11.0. The summed E-state index contributed by atoms with van der Waals surface area (Å²) in [6.45, 7) is 3.86. The molecular formula is C12H13N3O2. The minimum Gasteiger partial charge on any atom is -0.476 e. The summed E-state index contributed by atoms with van der Waals surface area (Å²) in [5.74, 6) is -1.04. The number of aromatic nitrogens is 3. The number of carboxylic acids is 1. The highest BCUT2D eigenvalue weighted by atomic mass is 16.4. The van der Waals surface area contributed by atoms with E-state index in [1.165, 1.54) is 0 Å². The molecule has 0 amide bonds. The van der Waals surface area contributed by atoms with Gasteiger partial charge in [0.15, 0.2) is 5.69 Å². The summed E-state index contributed by atoms with van der Waals surface area (Å²) in [6.07, 6.45) is 0.572. The Morgan fingerprint density at radius 3 is 2.82 bits per heavy atom. The maximum atomic E-state index is 11.0. The van der Waals surface area contributed by atoms with Gasteiger partial charge in [-0.15, -0.1) is 5.10 Å². The van der Waals surface area contributed by atoms with E-state index in [4.69, 9.17) is 5.11 Å². The molecular weight excluding hydrogens is 218 g/mol. The molecule has 1 heterocycles. The van der Waals surface area contributed by atoms with Crippen LogP contribution in [-0.2, 0) is 6.42 Å². The second kappa shape index (κ2) is 4.37. The van der Waals surface area contributed by atoms with Crippen molar-refractivity contribution in [2.24, 2.45) is 0 Å². The first kappa shape index (κ1) is 11.3. The molecule has 0 saturated heterocycles. The normalized spacial score (nSPS) is 10.5. The molecule has 0 fully saturated rings. The van der Waals surface area contributed by atoms with Crippen molar-refractivity contribution in [1.29, 1.82) is 0 Å². The van der Waals surface area contributed by atoms with Crippen LogP contribution in [0.15, 0.2) is 24.3 Å².